The largest absolute Gasteiger partial charge is 0.325 e. The second kappa shape index (κ2) is 8.42. The zero-order chi connectivity index (χ0) is 17.6. The number of nitrogens with zero attached hydrogens (tertiary/aromatic N) is 3. The highest BCUT2D eigenvalue weighted by molar-refractivity contribution is 8.01. The lowest BCUT2D eigenvalue weighted by molar-refractivity contribution is -0.118. The van der Waals surface area contributed by atoms with Crippen LogP contribution in [-0.4, -0.2) is 26.8 Å². The zero-order valence-electron chi connectivity index (χ0n) is 13.3. The zero-order valence-corrected chi connectivity index (χ0v) is 15.7. The third kappa shape index (κ3) is 4.78. The van der Waals surface area contributed by atoms with Crippen molar-refractivity contribution >= 4 is 46.3 Å². The van der Waals surface area contributed by atoms with Gasteiger partial charge < -0.3 is 5.32 Å². The second-order valence-corrected chi connectivity index (χ2v) is 7.94. The summed E-state index contributed by atoms with van der Waals surface area (Å²) >= 11 is 9.09. The van der Waals surface area contributed by atoms with E-state index in [1.807, 2.05) is 31.2 Å². The molecule has 0 radical (unpaired) electrons. The van der Waals surface area contributed by atoms with E-state index in [0.29, 0.717) is 16.5 Å². The number of thioether (sulfide) groups is 1. The maximum Gasteiger partial charge on any atom is 0.228 e. The van der Waals surface area contributed by atoms with Crippen LogP contribution < -0.4 is 5.32 Å². The van der Waals surface area contributed by atoms with E-state index < -0.39 is 0 Å². The molecule has 1 amide bonds. The number of hydrogen-bond donors (Lipinski definition) is 1. The Bertz CT molecular complexity index is 857. The third-order valence-electron chi connectivity index (χ3n) is 3.37. The summed E-state index contributed by atoms with van der Waals surface area (Å²) in [6.07, 6.45) is 3.45. The Balaban J connectivity index is 1.55. The summed E-state index contributed by atoms with van der Waals surface area (Å²) in [7, 11) is 0. The van der Waals surface area contributed by atoms with Crippen LogP contribution >= 0.6 is 34.7 Å². The van der Waals surface area contributed by atoms with Crippen molar-refractivity contribution in [3.63, 3.8) is 0 Å². The summed E-state index contributed by atoms with van der Waals surface area (Å²) < 4.78 is 0.837. The van der Waals surface area contributed by atoms with Gasteiger partial charge >= 0.3 is 0 Å². The molecule has 1 aromatic carbocycles. The Kier molecular flexibility index (Phi) is 6.01. The quantitative estimate of drug-likeness (QED) is 0.622. The molecule has 2 heterocycles. The molecule has 8 heteroatoms. The van der Waals surface area contributed by atoms with Crippen LogP contribution in [0.2, 0.25) is 5.02 Å². The molecule has 0 aliphatic heterocycles. The van der Waals surface area contributed by atoms with Crippen molar-refractivity contribution in [2.24, 2.45) is 5.92 Å². The van der Waals surface area contributed by atoms with Gasteiger partial charge in [0.1, 0.15) is 5.01 Å². The fraction of sp³-hybridized carbons (Fsp3) is 0.176. The Morgan fingerprint density at radius 3 is 2.76 bits per heavy atom. The first-order valence-electron chi connectivity index (χ1n) is 7.55. The number of carbonyl (C=O) groups is 1. The smallest absolute Gasteiger partial charge is 0.228 e. The highest BCUT2D eigenvalue weighted by atomic mass is 35.5. The van der Waals surface area contributed by atoms with E-state index >= 15 is 0 Å². The number of carbonyl (C=O) groups excluding carboxylic acids is 1. The Hall–Kier alpha value is -1.96. The predicted octanol–water partition coefficient (Wildman–Crippen LogP) is 4.62. The third-order valence-corrected chi connectivity index (χ3v) is 6.07. The number of nitrogens with one attached hydrogen (secondary N) is 1. The monoisotopic (exact) mass is 390 g/mol. The maximum atomic E-state index is 12.3. The van der Waals surface area contributed by atoms with Gasteiger partial charge in [-0.25, -0.2) is 0 Å². The van der Waals surface area contributed by atoms with Gasteiger partial charge in [0, 0.05) is 29.6 Å². The molecule has 1 unspecified atom stereocenters. The molecule has 2 aromatic heterocycles. The molecule has 0 spiro atoms. The molecule has 0 saturated heterocycles. The predicted molar refractivity (Wildman–Crippen MR) is 103 cm³/mol. The van der Waals surface area contributed by atoms with E-state index in [0.717, 1.165) is 14.9 Å². The number of para-hydroxylation sites is 1. The van der Waals surface area contributed by atoms with Crippen LogP contribution in [0.3, 0.4) is 0 Å². The number of rotatable bonds is 6. The molecule has 128 valence electrons. The highest BCUT2D eigenvalue weighted by Gasteiger charge is 2.16. The fourth-order valence-corrected chi connectivity index (χ4v) is 4.05. The average molecular weight is 391 g/mol. The first-order chi connectivity index (χ1) is 12.1. The normalized spacial score (nSPS) is 11.9. The number of anilines is 1. The minimum atomic E-state index is -0.186. The average Bonchev–Trinajstić information content (AvgIpc) is 3.11. The molecular weight excluding hydrogens is 376 g/mol. The minimum Gasteiger partial charge on any atom is -0.325 e. The van der Waals surface area contributed by atoms with Crippen LogP contribution in [-0.2, 0) is 4.79 Å². The molecule has 0 saturated carbocycles. The lowest BCUT2D eigenvalue weighted by atomic mass is 10.2. The number of halogens is 1. The van der Waals surface area contributed by atoms with E-state index in [9.17, 15) is 4.79 Å². The summed E-state index contributed by atoms with van der Waals surface area (Å²) in [4.78, 5) is 16.3. The van der Waals surface area contributed by atoms with E-state index in [2.05, 4.69) is 20.5 Å². The molecule has 1 atom stereocenters. The first kappa shape index (κ1) is 17.8. The number of hydrogen-bond acceptors (Lipinski definition) is 6. The van der Waals surface area contributed by atoms with E-state index in [-0.39, 0.29) is 11.8 Å². The van der Waals surface area contributed by atoms with Gasteiger partial charge in [-0.05, 0) is 24.3 Å². The Labute approximate surface area is 158 Å². The summed E-state index contributed by atoms with van der Waals surface area (Å²) in [6.45, 7) is 1.88. The van der Waals surface area contributed by atoms with E-state index in [1.54, 1.807) is 24.5 Å². The SMILES string of the molecule is CC(CSc1nnc(-c2ccncc2)s1)C(=O)Nc1ccccc1Cl. The van der Waals surface area contributed by atoms with Gasteiger partial charge in [-0.1, -0.05) is 53.8 Å². The minimum absolute atomic E-state index is 0.0699. The summed E-state index contributed by atoms with van der Waals surface area (Å²) in [5.74, 6) is 0.357. The number of aromatic nitrogens is 3. The Morgan fingerprint density at radius 1 is 1.24 bits per heavy atom. The summed E-state index contributed by atoms with van der Waals surface area (Å²) in [5, 5.41) is 12.6. The molecule has 0 aliphatic carbocycles. The van der Waals surface area contributed by atoms with Gasteiger partial charge in [0.05, 0.1) is 10.7 Å². The van der Waals surface area contributed by atoms with E-state index in [4.69, 9.17) is 11.6 Å². The molecule has 0 fully saturated rings. The molecule has 0 bridgehead atoms. The van der Waals surface area contributed by atoms with Crippen LogP contribution in [0.1, 0.15) is 6.92 Å². The second-order valence-electron chi connectivity index (χ2n) is 5.29. The van der Waals surface area contributed by atoms with Crippen molar-refractivity contribution in [3.8, 4) is 10.6 Å². The number of amides is 1. The van der Waals surface area contributed by atoms with Crippen molar-refractivity contribution in [1.29, 1.82) is 0 Å². The molecule has 25 heavy (non-hydrogen) atoms. The lowest BCUT2D eigenvalue weighted by Crippen LogP contribution is -2.22. The molecule has 5 nitrogen and oxygen atoms in total. The molecule has 3 aromatic rings. The molecular formula is C17H15ClN4OS2. The van der Waals surface area contributed by atoms with Crippen LogP contribution in [0.5, 0.6) is 0 Å². The topological polar surface area (TPSA) is 67.8 Å². The number of pyridine rings is 1. The molecule has 0 aliphatic rings. The van der Waals surface area contributed by atoms with Crippen molar-refractivity contribution in [3.05, 3.63) is 53.8 Å². The van der Waals surface area contributed by atoms with Gasteiger partial charge in [0.25, 0.3) is 0 Å². The van der Waals surface area contributed by atoms with Crippen molar-refractivity contribution in [2.75, 3.05) is 11.1 Å². The van der Waals surface area contributed by atoms with Gasteiger partial charge in [-0.3, -0.25) is 9.78 Å². The summed E-state index contributed by atoms with van der Waals surface area (Å²) in [5.41, 5.74) is 1.62. The molecule has 1 N–H and O–H groups in total. The fourth-order valence-electron chi connectivity index (χ4n) is 1.97. The van der Waals surface area contributed by atoms with Crippen LogP contribution in [0.15, 0.2) is 53.1 Å². The lowest BCUT2D eigenvalue weighted by Gasteiger charge is -2.12. The van der Waals surface area contributed by atoms with Crippen molar-refractivity contribution in [2.45, 2.75) is 11.3 Å². The van der Waals surface area contributed by atoms with Crippen LogP contribution in [0, 0.1) is 5.92 Å². The van der Waals surface area contributed by atoms with Crippen LogP contribution in [0.25, 0.3) is 10.6 Å². The number of benzene rings is 1. The standard InChI is InChI=1S/C17H15ClN4OS2/c1-11(15(23)20-14-5-3-2-4-13(14)18)10-24-17-22-21-16(25-17)12-6-8-19-9-7-12/h2-9,11H,10H2,1H3,(H,20,23). The summed E-state index contributed by atoms with van der Waals surface area (Å²) in [6, 6.07) is 11.0. The van der Waals surface area contributed by atoms with Gasteiger partial charge in [-0.15, -0.1) is 10.2 Å². The van der Waals surface area contributed by atoms with E-state index in [1.165, 1.54) is 23.1 Å². The van der Waals surface area contributed by atoms with Crippen LogP contribution in [0.4, 0.5) is 5.69 Å². The van der Waals surface area contributed by atoms with Gasteiger partial charge in [0.2, 0.25) is 5.91 Å². The maximum absolute atomic E-state index is 12.3. The molecule has 3 rings (SSSR count). The van der Waals surface area contributed by atoms with Crippen molar-refractivity contribution < 1.29 is 4.79 Å². The Morgan fingerprint density at radius 2 is 2.00 bits per heavy atom. The van der Waals surface area contributed by atoms with Gasteiger partial charge in [-0.2, -0.15) is 0 Å². The van der Waals surface area contributed by atoms with Gasteiger partial charge in [0.15, 0.2) is 4.34 Å². The van der Waals surface area contributed by atoms with Crippen molar-refractivity contribution in [1.82, 2.24) is 15.2 Å². The first-order valence-corrected chi connectivity index (χ1v) is 9.73. The highest BCUT2D eigenvalue weighted by Crippen LogP contribution is 2.30.